The molecule has 1 unspecified atom stereocenters. The summed E-state index contributed by atoms with van der Waals surface area (Å²) in [6.07, 6.45) is 5.64. The van der Waals surface area contributed by atoms with Gasteiger partial charge in [-0.05, 0) is 37.6 Å². The molecule has 0 fully saturated rings. The highest BCUT2D eigenvalue weighted by Crippen LogP contribution is 2.30. The van der Waals surface area contributed by atoms with Gasteiger partial charge in [0.15, 0.2) is 0 Å². The normalized spacial score (nSPS) is 12.1. The summed E-state index contributed by atoms with van der Waals surface area (Å²) < 4.78 is 5.97. The molecule has 0 aliphatic carbocycles. The lowest BCUT2D eigenvalue weighted by atomic mass is 10.0. The molecule has 0 aliphatic rings. The van der Waals surface area contributed by atoms with Gasteiger partial charge in [-0.15, -0.1) is 0 Å². The third kappa shape index (κ3) is 3.81. The first-order chi connectivity index (χ1) is 9.85. The summed E-state index contributed by atoms with van der Waals surface area (Å²) in [5, 5.41) is 3.57. The Balaban J connectivity index is 2.20. The van der Waals surface area contributed by atoms with Gasteiger partial charge >= 0.3 is 0 Å². The maximum Gasteiger partial charge on any atom is 0.145 e. The topological polar surface area (TPSA) is 34.1 Å². The zero-order chi connectivity index (χ0) is 14.2. The van der Waals surface area contributed by atoms with Gasteiger partial charge in [-0.25, -0.2) is 0 Å². The molecule has 1 aromatic carbocycles. The quantitative estimate of drug-likeness (QED) is 0.813. The van der Waals surface area contributed by atoms with Crippen molar-refractivity contribution in [1.29, 1.82) is 0 Å². The fraction of sp³-hybridized carbons (Fsp3) is 0.353. The van der Waals surface area contributed by atoms with Crippen molar-refractivity contribution in [3.05, 3.63) is 54.4 Å². The van der Waals surface area contributed by atoms with E-state index in [-0.39, 0.29) is 0 Å². The molecule has 1 atom stereocenters. The summed E-state index contributed by atoms with van der Waals surface area (Å²) in [5.41, 5.74) is 1.20. The molecule has 3 heteroatoms. The first-order valence-electron chi connectivity index (χ1n) is 7.25. The third-order valence-electron chi connectivity index (χ3n) is 3.21. The first kappa shape index (κ1) is 14.5. The minimum absolute atomic E-state index is 0.322. The van der Waals surface area contributed by atoms with Crippen molar-refractivity contribution >= 4 is 0 Å². The Labute approximate surface area is 121 Å². The summed E-state index contributed by atoms with van der Waals surface area (Å²) >= 11 is 0. The van der Waals surface area contributed by atoms with Gasteiger partial charge in [0.2, 0.25) is 0 Å². The number of aromatic nitrogens is 1. The summed E-state index contributed by atoms with van der Waals surface area (Å²) in [5.74, 6) is 1.67. The molecule has 1 N–H and O–H groups in total. The number of hydrogen-bond acceptors (Lipinski definition) is 3. The molecule has 2 aromatic rings. The molecule has 1 aromatic heterocycles. The molecule has 0 bridgehead atoms. The van der Waals surface area contributed by atoms with Crippen LogP contribution in [0.4, 0.5) is 0 Å². The number of rotatable bonds is 7. The predicted octanol–water partition coefficient (Wildman–Crippen LogP) is 4.32. The van der Waals surface area contributed by atoms with Crippen LogP contribution in [0.2, 0.25) is 0 Å². The molecule has 2 rings (SSSR count). The smallest absolute Gasteiger partial charge is 0.145 e. The van der Waals surface area contributed by atoms with Gasteiger partial charge in [0, 0.05) is 17.8 Å². The molecular formula is C17H22N2O. The summed E-state index contributed by atoms with van der Waals surface area (Å²) in [4.78, 5) is 4.08. The van der Waals surface area contributed by atoms with Crippen LogP contribution in [0.3, 0.4) is 0 Å². The van der Waals surface area contributed by atoms with E-state index in [1.165, 1.54) is 5.56 Å². The van der Waals surface area contributed by atoms with Crippen LogP contribution in [0.5, 0.6) is 11.5 Å². The molecule has 0 saturated heterocycles. The largest absolute Gasteiger partial charge is 0.455 e. The van der Waals surface area contributed by atoms with Gasteiger partial charge in [0.25, 0.3) is 0 Å². The summed E-state index contributed by atoms with van der Waals surface area (Å²) in [6.45, 7) is 5.38. The van der Waals surface area contributed by atoms with E-state index < -0.39 is 0 Å². The van der Waals surface area contributed by atoms with Crippen molar-refractivity contribution in [2.75, 3.05) is 6.54 Å². The van der Waals surface area contributed by atoms with E-state index in [4.69, 9.17) is 4.74 Å². The van der Waals surface area contributed by atoms with Crippen LogP contribution in [0.25, 0.3) is 0 Å². The maximum atomic E-state index is 5.97. The van der Waals surface area contributed by atoms with E-state index in [0.29, 0.717) is 6.04 Å². The van der Waals surface area contributed by atoms with Crippen LogP contribution in [-0.2, 0) is 0 Å². The third-order valence-corrected chi connectivity index (χ3v) is 3.21. The number of hydrogen-bond donors (Lipinski definition) is 1. The van der Waals surface area contributed by atoms with E-state index in [9.17, 15) is 0 Å². The summed E-state index contributed by atoms with van der Waals surface area (Å²) in [7, 11) is 0. The number of para-hydroxylation sites is 1. The predicted molar refractivity (Wildman–Crippen MR) is 82.1 cm³/mol. The number of nitrogens with zero attached hydrogens (tertiary/aromatic N) is 1. The zero-order valence-corrected chi connectivity index (χ0v) is 12.2. The fourth-order valence-corrected chi connectivity index (χ4v) is 2.19. The second-order valence-electron chi connectivity index (χ2n) is 4.74. The second kappa shape index (κ2) is 7.65. The number of ether oxygens (including phenoxy) is 1. The summed E-state index contributed by atoms with van der Waals surface area (Å²) in [6, 6.07) is 12.3. The van der Waals surface area contributed by atoms with Crippen molar-refractivity contribution in [3.63, 3.8) is 0 Å². The Morgan fingerprint density at radius 2 is 2.00 bits per heavy atom. The monoisotopic (exact) mass is 270 g/mol. The molecule has 106 valence electrons. The zero-order valence-electron chi connectivity index (χ0n) is 12.2. The average Bonchev–Trinajstić information content (AvgIpc) is 2.50. The molecule has 0 aliphatic heterocycles. The van der Waals surface area contributed by atoms with Gasteiger partial charge < -0.3 is 10.1 Å². The lowest BCUT2D eigenvalue weighted by molar-refractivity contribution is 0.447. The Bertz CT molecular complexity index is 513. The van der Waals surface area contributed by atoms with Gasteiger partial charge in [0.05, 0.1) is 6.20 Å². The van der Waals surface area contributed by atoms with Gasteiger partial charge in [-0.2, -0.15) is 0 Å². The standard InChI is InChI=1S/C17H22N2O/c1-3-11-19-16(4-2)15-9-5-6-10-17(15)20-14-8-7-12-18-13-14/h5-10,12-13,16,19H,3-4,11H2,1-2H3. The van der Waals surface area contributed by atoms with E-state index in [0.717, 1.165) is 30.9 Å². The molecule has 0 spiro atoms. The Morgan fingerprint density at radius 1 is 1.15 bits per heavy atom. The van der Waals surface area contributed by atoms with Crippen LogP contribution >= 0.6 is 0 Å². The second-order valence-corrected chi connectivity index (χ2v) is 4.74. The molecular weight excluding hydrogens is 248 g/mol. The van der Waals surface area contributed by atoms with E-state index in [1.54, 1.807) is 12.4 Å². The van der Waals surface area contributed by atoms with Crippen LogP contribution in [0.1, 0.15) is 38.3 Å². The first-order valence-corrected chi connectivity index (χ1v) is 7.25. The molecule has 1 heterocycles. The molecule has 3 nitrogen and oxygen atoms in total. The SMILES string of the molecule is CCCNC(CC)c1ccccc1Oc1cccnc1. The minimum Gasteiger partial charge on any atom is -0.455 e. The lowest BCUT2D eigenvalue weighted by Gasteiger charge is -2.20. The number of pyridine rings is 1. The van der Waals surface area contributed by atoms with Gasteiger partial charge in [-0.1, -0.05) is 32.0 Å². The molecule has 20 heavy (non-hydrogen) atoms. The average molecular weight is 270 g/mol. The highest BCUT2D eigenvalue weighted by atomic mass is 16.5. The fourth-order valence-electron chi connectivity index (χ4n) is 2.19. The van der Waals surface area contributed by atoms with Crippen molar-refractivity contribution in [3.8, 4) is 11.5 Å². The Kier molecular flexibility index (Phi) is 5.56. The van der Waals surface area contributed by atoms with Crippen molar-refractivity contribution in [2.24, 2.45) is 0 Å². The van der Waals surface area contributed by atoms with Crippen molar-refractivity contribution in [2.45, 2.75) is 32.7 Å². The van der Waals surface area contributed by atoms with Crippen LogP contribution in [0, 0.1) is 0 Å². The van der Waals surface area contributed by atoms with Gasteiger partial charge in [0.1, 0.15) is 11.5 Å². The van der Waals surface area contributed by atoms with Crippen LogP contribution in [0.15, 0.2) is 48.8 Å². The minimum atomic E-state index is 0.322. The van der Waals surface area contributed by atoms with Crippen molar-refractivity contribution < 1.29 is 4.74 Å². The van der Waals surface area contributed by atoms with Crippen LogP contribution in [-0.4, -0.2) is 11.5 Å². The molecule has 0 radical (unpaired) electrons. The highest BCUT2D eigenvalue weighted by molar-refractivity contribution is 5.39. The number of nitrogens with one attached hydrogen (secondary N) is 1. The van der Waals surface area contributed by atoms with E-state index in [1.807, 2.05) is 24.3 Å². The number of benzene rings is 1. The molecule has 0 saturated carbocycles. The van der Waals surface area contributed by atoms with Crippen LogP contribution < -0.4 is 10.1 Å². The highest BCUT2D eigenvalue weighted by Gasteiger charge is 2.13. The van der Waals surface area contributed by atoms with Crippen molar-refractivity contribution in [1.82, 2.24) is 10.3 Å². The Morgan fingerprint density at radius 3 is 2.70 bits per heavy atom. The lowest BCUT2D eigenvalue weighted by Crippen LogP contribution is -2.21. The van der Waals surface area contributed by atoms with E-state index in [2.05, 4.69) is 36.3 Å². The Hall–Kier alpha value is -1.87. The van der Waals surface area contributed by atoms with E-state index >= 15 is 0 Å². The maximum absolute atomic E-state index is 5.97. The molecule has 0 amide bonds. The van der Waals surface area contributed by atoms with Gasteiger partial charge in [-0.3, -0.25) is 4.98 Å².